The fourth-order valence-electron chi connectivity index (χ4n) is 3.51. The largest absolute Gasteiger partial charge is 0.353 e. The Labute approximate surface area is 120 Å². The summed E-state index contributed by atoms with van der Waals surface area (Å²) in [6.45, 7) is 3.58. The van der Waals surface area contributed by atoms with E-state index >= 15 is 0 Å². The van der Waals surface area contributed by atoms with Gasteiger partial charge in [-0.1, -0.05) is 11.6 Å². The first kappa shape index (κ1) is 14.1. The molecule has 0 unspecified atom stereocenters. The highest BCUT2D eigenvalue weighted by Crippen LogP contribution is 2.36. The van der Waals surface area contributed by atoms with Gasteiger partial charge in [-0.05, 0) is 39.0 Å². The van der Waals surface area contributed by atoms with Crippen LogP contribution in [0.3, 0.4) is 0 Å². The van der Waals surface area contributed by atoms with Crippen LogP contribution in [0.5, 0.6) is 0 Å². The van der Waals surface area contributed by atoms with E-state index in [-0.39, 0.29) is 17.6 Å². The van der Waals surface area contributed by atoms with E-state index < -0.39 is 0 Å². The molecular weight excluding hydrogens is 254 g/mol. The van der Waals surface area contributed by atoms with Gasteiger partial charge in [-0.15, -0.1) is 0 Å². The maximum Gasteiger partial charge on any atom is 0.223 e. The third-order valence-corrected chi connectivity index (χ3v) is 4.92. The maximum absolute atomic E-state index is 12.3. The number of allylic oxidation sites excluding steroid dienone is 2. The van der Waals surface area contributed by atoms with Crippen molar-refractivity contribution in [3.05, 3.63) is 11.6 Å². The molecule has 1 atom stereocenters. The molecule has 112 valence electrons. The van der Waals surface area contributed by atoms with Crippen molar-refractivity contribution in [2.24, 2.45) is 5.92 Å². The van der Waals surface area contributed by atoms with Crippen LogP contribution >= 0.6 is 0 Å². The standard InChI is InChI=1S/C16H25NO3/c1-12-2-4-13(5-3-12)15(18)17-14-6-8-16(9-7-14)19-10-11-20-16/h2,13-14H,3-11H2,1H3,(H,17,18)/t13-/m1/s1. The summed E-state index contributed by atoms with van der Waals surface area (Å²) in [6.07, 6.45) is 8.92. The highest BCUT2D eigenvalue weighted by Gasteiger charge is 2.40. The summed E-state index contributed by atoms with van der Waals surface area (Å²) in [5.41, 5.74) is 1.42. The second-order valence-corrected chi connectivity index (χ2v) is 6.41. The predicted molar refractivity (Wildman–Crippen MR) is 76.1 cm³/mol. The van der Waals surface area contributed by atoms with Gasteiger partial charge in [0.25, 0.3) is 0 Å². The third kappa shape index (κ3) is 3.07. The van der Waals surface area contributed by atoms with Crippen molar-refractivity contribution in [3.8, 4) is 0 Å². The van der Waals surface area contributed by atoms with E-state index in [9.17, 15) is 4.79 Å². The molecule has 1 spiro atoms. The number of nitrogens with one attached hydrogen (secondary N) is 1. The lowest BCUT2D eigenvalue weighted by atomic mass is 9.87. The highest BCUT2D eigenvalue weighted by molar-refractivity contribution is 5.79. The molecule has 0 bridgehead atoms. The summed E-state index contributed by atoms with van der Waals surface area (Å²) in [5.74, 6) is 0.0860. The topological polar surface area (TPSA) is 47.6 Å². The van der Waals surface area contributed by atoms with Crippen LogP contribution in [0.2, 0.25) is 0 Å². The Balaban J connectivity index is 1.46. The van der Waals surface area contributed by atoms with Crippen LogP contribution in [0.25, 0.3) is 0 Å². The number of hydrogen-bond donors (Lipinski definition) is 1. The van der Waals surface area contributed by atoms with Crippen LogP contribution in [-0.2, 0) is 14.3 Å². The molecule has 0 radical (unpaired) electrons. The Hall–Kier alpha value is -0.870. The first-order valence-corrected chi connectivity index (χ1v) is 7.91. The monoisotopic (exact) mass is 279 g/mol. The Morgan fingerprint density at radius 2 is 1.95 bits per heavy atom. The fraction of sp³-hybridized carbons (Fsp3) is 0.812. The highest BCUT2D eigenvalue weighted by atomic mass is 16.7. The van der Waals surface area contributed by atoms with Crippen LogP contribution in [0.15, 0.2) is 11.6 Å². The molecule has 0 aromatic rings. The molecular formula is C16H25NO3. The Morgan fingerprint density at radius 1 is 1.25 bits per heavy atom. The zero-order chi connectivity index (χ0) is 14.0. The third-order valence-electron chi connectivity index (χ3n) is 4.92. The molecule has 1 aliphatic heterocycles. The number of hydrogen-bond acceptors (Lipinski definition) is 3. The minimum atomic E-state index is -0.327. The number of carbonyl (C=O) groups is 1. The van der Waals surface area contributed by atoms with Gasteiger partial charge >= 0.3 is 0 Å². The number of ether oxygens (including phenoxy) is 2. The maximum atomic E-state index is 12.3. The van der Waals surface area contributed by atoms with Crippen molar-refractivity contribution in [2.75, 3.05) is 13.2 Å². The fourth-order valence-corrected chi connectivity index (χ4v) is 3.51. The van der Waals surface area contributed by atoms with Gasteiger partial charge in [0.05, 0.1) is 13.2 Å². The van der Waals surface area contributed by atoms with Gasteiger partial charge in [0, 0.05) is 24.8 Å². The van der Waals surface area contributed by atoms with Crippen LogP contribution in [0.1, 0.15) is 51.9 Å². The summed E-state index contributed by atoms with van der Waals surface area (Å²) >= 11 is 0. The molecule has 3 rings (SSSR count). The molecule has 1 heterocycles. The summed E-state index contributed by atoms with van der Waals surface area (Å²) < 4.78 is 11.4. The smallest absolute Gasteiger partial charge is 0.223 e. The summed E-state index contributed by atoms with van der Waals surface area (Å²) in [7, 11) is 0. The number of rotatable bonds is 2. The molecule has 4 heteroatoms. The van der Waals surface area contributed by atoms with Gasteiger partial charge in [0.2, 0.25) is 5.91 Å². The van der Waals surface area contributed by atoms with Gasteiger partial charge < -0.3 is 14.8 Å². The van der Waals surface area contributed by atoms with Gasteiger partial charge in [-0.3, -0.25) is 4.79 Å². The number of amides is 1. The molecule has 1 amide bonds. The molecule has 0 aromatic carbocycles. The second-order valence-electron chi connectivity index (χ2n) is 6.41. The molecule has 0 aromatic heterocycles. The van der Waals surface area contributed by atoms with E-state index in [1.54, 1.807) is 0 Å². The van der Waals surface area contributed by atoms with Gasteiger partial charge in [-0.25, -0.2) is 0 Å². The van der Waals surface area contributed by atoms with E-state index in [4.69, 9.17) is 9.47 Å². The van der Waals surface area contributed by atoms with Gasteiger partial charge in [0.1, 0.15) is 0 Å². The van der Waals surface area contributed by atoms with Gasteiger partial charge in [-0.2, -0.15) is 0 Å². The molecule has 4 nitrogen and oxygen atoms in total. The van der Waals surface area contributed by atoms with Crippen molar-refractivity contribution >= 4 is 5.91 Å². The molecule has 2 aliphatic carbocycles. The molecule has 1 N–H and O–H groups in total. The molecule has 2 fully saturated rings. The average molecular weight is 279 g/mol. The first-order valence-electron chi connectivity index (χ1n) is 7.91. The quantitative estimate of drug-likeness (QED) is 0.790. The first-order chi connectivity index (χ1) is 9.67. The SMILES string of the molecule is CC1=CC[C@@H](C(=O)NC2CCC3(CC2)OCCO3)CC1. The van der Waals surface area contributed by atoms with Crippen molar-refractivity contribution in [1.82, 2.24) is 5.32 Å². The summed E-state index contributed by atoms with van der Waals surface area (Å²) in [4.78, 5) is 12.3. The van der Waals surface area contributed by atoms with E-state index in [0.717, 1.165) is 44.9 Å². The Kier molecular flexibility index (Phi) is 4.13. The van der Waals surface area contributed by atoms with Crippen molar-refractivity contribution in [2.45, 2.75) is 63.7 Å². The molecule has 3 aliphatic rings. The Morgan fingerprint density at radius 3 is 2.55 bits per heavy atom. The van der Waals surface area contributed by atoms with Crippen LogP contribution in [0.4, 0.5) is 0 Å². The van der Waals surface area contributed by atoms with Crippen molar-refractivity contribution in [1.29, 1.82) is 0 Å². The minimum absolute atomic E-state index is 0.175. The summed E-state index contributed by atoms with van der Waals surface area (Å²) in [5, 5.41) is 3.23. The van der Waals surface area contributed by atoms with E-state index in [0.29, 0.717) is 19.3 Å². The lowest BCUT2D eigenvalue weighted by Gasteiger charge is -2.36. The lowest BCUT2D eigenvalue weighted by Crippen LogP contribution is -2.45. The lowest BCUT2D eigenvalue weighted by molar-refractivity contribution is -0.180. The van der Waals surface area contributed by atoms with E-state index in [2.05, 4.69) is 18.3 Å². The van der Waals surface area contributed by atoms with Gasteiger partial charge in [0.15, 0.2) is 5.79 Å². The van der Waals surface area contributed by atoms with Crippen molar-refractivity contribution < 1.29 is 14.3 Å². The van der Waals surface area contributed by atoms with Crippen LogP contribution in [-0.4, -0.2) is 30.9 Å². The second kappa shape index (κ2) is 5.86. The molecule has 1 saturated carbocycles. The predicted octanol–water partition coefficient (Wildman–Crippen LogP) is 2.53. The average Bonchev–Trinajstić information content (AvgIpc) is 2.91. The van der Waals surface area contributed by atoms with E-state index in [1.165, 1.54) is 5.57 Å². The number of carbonyl (C=O) groups excluding carboxylic acids is 1. The zero-order valence-corrected chi connectivity index (χ0v) is 12.3. The van der Waals surface area contributed by atoms with Crippen molar-refractivity contribution in [3.63, 3.8) is 0 Å². The molecule has 1 saturated heterocycles. The normalized spacial score (nSPS) is 30.2. The van der Waals surface area contributed by atoms with Crippen LogP contribution in [0, 0.1) is 5.92 Å². The zero-order valence-electron chi connectivity index (χ0n) is 12.3. The Bertz CT molecular complexity index is 389. The summed E-state index contributed by atoms with van der Waals surface area (Å²) in [6, 6.07) is 0.299. The van der Waals surface area contributed by atoms with Crippen LogP contribution < -0.4 is 5.32 Å². The minimum Gasteiger partial charge on any atom is -0.353 e. The van der Waals surface area contributed by atoms with E-state index in [1.807, 2.05) is 0 Å². The molecule has 20 heavy (non-hydrogen) atoms.